The van der Waals surface area contributed by atoms with Crippen molar-refractivity contribution in [1.29, 1.82) is 0 Å². The average molecular weight is 302 g/mol. The van der Waals surface area contributed by atoms with Crippen molar-refractivity contribution in [2.24, 2.45) is 0 Å². The Morgan fingerprint density at radius 3 is 2.52 bits per heavy atom. The third kappa shape index (κ3) is 4.43. The summed E-state index contributed by atoms with van der Waals surface area (Å²) < 4.78 is 5.06. The molecule has 0 atom stereocenters. The maximum atomic E-state index is 11.7. The number of hydrazine groups is 1. The van der Waals surface area contributed by atoms with Gasteiger partial charge in [-0.25, -0.2) is 0 Å². The van der Waals surface area contributed by atoms with E-state index >= 15 is 0 Å². The first-order chi connectivity index (χ1) is 10.2. The van der Waals surface area contributed by atoms with Crippen LogP contribution in [0.5, 0.6) is 5.75 Å². The van der Waals surface area contributed by atoms with E-state index in [9.17, 15) is 4.79 Å². The highest BCUT2D eigenvalue weighted by molar-refractivity contribution is 7.80. The number of amides is 1. The zero-order valence-electron chi connectivity index (χ0n) is 11.3. The van der Waals surface area contributed by atoms with Gasteiger partial charge in [-0.1, -0.05) is 6.07 Å². The summed E-state index contributed by atoms with van der Waals surface area (Å²) in [6, 6.07) is 12.3. The number of carbonyl (C=O) groups is 1. The SMILES string of the molecule is COc1ccc(NC(=S)NNC(=O)c2ccccn2)cc1. The zero-order valence-corrected chi connectivity index (χ0v) is 12.1. The van der Waals surface area contributed by atoms with Crippen LogP contribution in [-0.4, -0.2) is 23.1 Å². The van der Waals surface area contributed by atoms with Gasteiger partial charge in [0.15, 0.2) is 5.11 Å². The van der Waals surface area contributed by atoms with E-state index in [4.69, 9.17) is 17.0 Å². The van der Waals surface area contributed by atoms with Gasteiger partial charge >= 0.3 is 0 Å². The second kappa shape index (κ2) is 7.20. The largest absolute Gasteiger partial charge is 0.497 e. The lowest BCUT2D eigenvalue weighted by atomic mass is 10.3. The monoisotopic (exact) mass is 302 g/mol. The Balaban J connectivity index is 1.83. The molecule has 1 heterocycles. The van der Waals surface area contributed by atoms with Crippen molar-refractivity contribution >= 4 is 28.9 Å². The Hall–Kier alpha value is -2.67. The van der Waals surface area contributed by atoms with Gasteiger partial charge < -0.3 is 10.1 Å². The van der Waals surface area contributed by atoms with Gasteiger partial charge in [-0.15, -0.1) is 0 Å². The number of carbonyl (C=O) groups excluding carboxylic acids is 1. The quantitative estimate of drug-likeness (QED) is 0.592. The number of ether oxygens (including phenoxy) is 1. The molecule has 0 aliphatic rings. The van der Waals surface area contributed by atoms with E-state index in [2.05, 4.69) is 21.2 Å². The molecule has 1 aromatic carbocycles. The highest BCUT2D eigenvalue weighted by Crippen LogP contribution is 2.14. The smallest absolute Gasteiger partial charge is 0.288 e. The first-order valence-electron chi connectivity index (χ1n) is 6.11. The third-order valence-corrected chi connectivity index (χ3v) is 2.74. The van der Waals surface area contributed by atoms with E-state index in [-0.39, 0.29) is 11.0 Å². The summed E-state index contributed by atoms with van der Waals surface area (Å²) in [5.41, 5.74) is 6.15. The van der Waals surface area contributed by atoms with Crippen molar-refractivity contribution in [2.45, 2.75) is 0 Å². The molecule has 108 valence electrons. The lowest BCUT2D eigenvalue weighted by Gasteiger charge is -2.11. The number of aromatic nitrogens is 1. The fourth-order valence-electron chi connectivity index (χ4n) is 1.51. The molecule has 21 heavy (non-hydrogen) atoms. The molecule has 0 spiro atoms. The Morgan fingerprint density at radius 2 is 1.90 bits per heavy atom. The molecule has 2 rings (SSSR count). The molecule has 6 nitrogen and oxygen atoms in total. The number of benzene rings is 1. The van der Waals surface area contributed by atoms with Gasteiger partial charge in [-0.2, -0.15) is 0 Å². The van der Waals surface area contributed by atoms with Crippen molar-refractivity contribution in [2.75, 3.05) is 12.4 Å². The third-order valence-electron chi connectivity index (χ3n) is 2.53. The first-order valence-corrected chi connectivity index (χ1v) is 6.52. The second-order valence-electron chi connectivity index (χ2n) is 3.98. The normalized spacial score (nSPS) is 9.57. The fraction of sp³-hybridized carbons (Fsp3) is 0.0714. The van der Waals surface area contributed by atoms with Gasteiger partial charge in [-0.05, 0) is 48.6 Å². The van der Waals surface area contributed by atoms with E-state index in [1.807, 2.05) is 12.1 Å². The van der Waals surface area contributed by atoms with Crippen LogP contribution >= 0.6 is 12.2 Å². The minimum Gasteiger partial charge on any atom is -0.497 e. The lowest BCUT2D eigenvalue weighted by molar-refractivity contribution is 0.0939. The summed E-state index contributed by atoms with van der Waals surface area (Å²) in [6.45, 7) is 0. The van der Waals surface area contributed by atoms with Crippen molar-refractivity contribution in [3.8, 4) is 5.75 Å². The van der Waals surface area contributed by atoms with Gasteiger partial charge in [0.25, 0.3) is 5.91 Å². The van der Waals surface area contributed by atoms with E-state index in [1.54, 1.807) is 43.6 Å². The Kier molecular flexibility index (Phi) is 5.05. The number of hydrogen-bond donors (Lipinski definition) is 3. The molecule has 0 saturated heterocycles. The average Bonchev–Trinajstić information content (AvgIpc) is 2.54. The van der Waals surface area contributed by atoms with Crippen LogP contribution in [-0.2, 0) is 0 Å². The molecule has 1 aromatic heterocycles. The van der Waals surface area contributed by atoms with Crippen LogP contribution in [0.4, 0.5) is 5.69 Å². The number of pyridine rings is 1. The summed E-state index contributed by atoms with van der Waals surface area (Å²) in [5.74, 6) is 0.386. The number of nitrogens with one attached hydrogen (secondary N) is 3. The number of methoxy groups -OCH3 is 1. The molecular weight excluding hydrogens is 288 g/mol. The maximum Gasteiger partial charge on any atom is 0.288 e. The van der Waals surface area contributed by atoms with E-state index in [1.165, 1.54) is 0 Å². The molecule has 0 bridgehead atoms. The molecule has 0 fully saturated rings. The molecule has 3 N–H and O–H groups in total. The second-order valence-corrected chi connectivity index (χ2v) is 4.38. The highest BCUT2D eigenvalue weighted by Gasteiger charge is 2.06. The van der Waals surface area contributed by atoms with Crippen LogP contribution < -0.4 is 20.9 Å². The van der Waals surface area contributed by atoms with Crippen LogP contribution in [0.1, 0.15) is 10.5 Å². The fourth-order valence-corrected chi connectivity index (χ4v) is 1.68. The minimum atomic E-state index is -0.366. The first kappa shape index (κ1) is 14.7. The maximum absolute atomic E-state index is 11.7. The van der Waals surface area contributed by atoms with Crippen molar-refractivity contribution in [1.82, 2.24) is 15.8 Å². The molecule has 7 heteroatoms. The van der Waals surface area contributed by atoms with Gasteiger partial charge in [0.1, 0.15) is 11.4 Å². The molecular formula is C14H14N4O2S. The van der Waals surface area contributed by atoms with E-state index < -0.39 is 0 Å². The molecule has 0 saturated carbocycles. The summed E-state index contributed by atoms with van der Waals surface area (Å²) in [7, 11) is 1.60. The molecule has 1 amide bonds. The summed E-state index contributed by atoms with van der Waals surface area (Å²) >= 11 is 5.08. The Labute approximate surface area is 127 Å². The van der Waals surface area contributed by atoms with Crippen LogP contribution in [0.25, 0.3) is 0 Å². The van der Waals surface area contributed by atoms with Gasteiger partial charge in [0.05, 0.1) is 7.11 Å². The van der Waals surface area contributed by atoms with Gasteiger partial charge in [0, 0.05) is 11.9 Å². The molecule has 0 unspecified atom stereocenters. The summed E-state index contributed by atoms with van der Waals surface area (Å²) in [4.78, 5) is 15.7. The number of anilines is 1. The van der Waals surface area contributed by atoms with Crippen molar-refractivity contribution in [3.05, 3.63) is 54.4 Å². The summed E-state index contributed by atoms with van der Waals surface area (Å²) in [6.07, 6.45) is 1.54. The Morgan fingerprint density at radius 1 is 1.14 bits per heavy atom. The van der Waals surface area contributed by atoms with Gasteiger partial charge in [-0.3, -0.25) is 20.6 Å². The predicted octanol–water partition coefficient (Wildman–Crippen LogP) is 1.72. The lowest BCUT2D eigenvalue weighted by Crippen LogP contribution is -2.44. The minimum absolute atomic E-state index is 0.268. The number of hydrogen-bond acceptors (Lipinski definition) is 4. The van der Waals surface area contributed by atoms with Gasteiger partial charge in [0.2, 0.25) is 0 Å². The topological polar surface area (TPSA) is 75.3 Å². The number of nitrogens with zero attached hydrogens (tertiary/aromatic N) is 1. The van der Waals surface area contributed by atoms with E-state index in [0.29, 0.717) is 5.69 Å². The molecule has 2 aromatic rings. The van der Waals surface area contributed by atoms with Crippen LogP contribution in [0, 0.1) is 0 Å². The zero-order chi connectivity index (χ0) is 15.1. The standard InChI is InChI=1S/C14H14N4O2S/c1-20-11-7-5-10(6-8-11)16-14(21)18-17-13(19)12-4-2-3-9-15-12/h2-9H,1H3,(H,17,19)(H2,16,18,21). The molecule has 0 aliphatic heterocycles. The number of thiocarbonyl (C=S) groups is 1. The molecule has 0 radical (unpaired) electrons. The van der Waals surface area contributed by atoms with Crippen LogP contribution in [0.15, 0.2) is 48.7 Å². The van der Waals surface area contributed by atoms with Crippen molar-refractivity contribution < 1.29 is 9.53 Å². The summed E-state index contributed by atoms with van der Waals surface area (Å²) in [5, 5.41) is 3.20. The highest BCUT2D eigenvalue weighted by atomic mass is 32.1. The van der Waals surface area contributed by atoms with Crippen molar-refractivity contribution in [3.63, 3.8) is 0 Å². The van der Waals surface area contributed by atoms with E-state index in [0.717, 1.165) is 11.4 Å². The predicted molar refractivity (Wildman–Crippen MR) is 84.1 cm³/mol. The van der Waals surface area contributed by atoms with Crippen LogP contribution in [0.3, 0.4) is 0 Å². The number of rotatable bonds is 3. The van der Waals surface area contributed by atoms with Crippen LogP contribution in [0.2, 0.25) is 0 Å². The molecule has 0 aliphatic carbocycles. The Bertz CT molecular complexity index is 617.